The summed E-state index contributed by atoms with van der Waals surface area (Å²) in [4.78, 5) is 26.2. The summed E-state index contributed by atoms with van der Waals surface area (Å²) in [6.07, 6.45) is 8.40. The van der Waals surface area contributed by atoms with Gasteiger partial charge in [0.25, 0.3) is 0 Å². The molecule has 0 aliphatic heterocycles. The van der Waals surface area contributed by atoms with Crippen molar-refractivity contribution in [3.63, 3.8) is 0 Å². The van der Waals surface area contributed by atoms with E-state index < -0.39 is 5.97 Å². The van der Waals surface area contributed by atoms with Gasteiger partial charge in [0.05, 0.1) is 0 Å². The molecule has 2 aromatic rings. The summed E-state index contributed by atoms with van der Waals surface area (Å²) < 4.78 is 6.89. The molecule has 1 aromatic carbocycles. The lowest BCUT2D eigenvalue weighted by Gasteiger charge is -2.55. The molecule has 1 heterocycles. The molecule has 4 aliphatic rings. The second-order valence-electron chi connectivity index (χ2n) is 9.28. The Balaban J connectivity index is 1.33. The average molecular weight is 406 g/mol. The lowest BCUT2D eigenvalue weighted by Crippen LogP contribution is -2.51. The van der Waals surface area contributed by atoms with Gasteiger partial charge in [0.15, 0.2) is 23.9 Å². The topological polar surface area (TPSA) is 87.0 Å². The number of ketones is 1. The zero-order chi connectivity index (χ0) is 20.7. The number of hydrogen-bond acceptors (Lipinski definition) is 6. The summed E-state index contributed by atoms with van der Waals surface area (Å²) in [6.45, 7) is 1.53. The third kappa shape index (κ3) is 3.46. The van der Waals surface area contributed by atoms with Gasteiger partial charge < -0.3 is 4.74 Å². The number of nitrogens with zero attached hydrogens (tertiary/aromatic N) is 4. The number of carbonyl (C=O) groups is 2. The van der Waals surface area contributed by atoms with Crippen molar-refractivity contribution >= 4 is 23.5 Å². The number of hydrogen-bond donors (Lipinski definition) is 0. The second-order valence-corrected chi connectivity index (χ2v) is 9.28. The van der Waals surface area contributed by atoms with Crippen molar-refractivity contribution in [1.29, 1.82) is 0 Å². The number of rotatable bonds is 6. The fourth-order valence-electron chi connectivity index (χ4n) is 6.18. The normalized spacial score (nSPS) is 29.8. The predicted molar refractivity (Wildman–Crippen MR) is 110 cm³/mol. The van der Waals surface area contributed by atoms with Crippen molar-refractivity contribution in [3.8, 4) is 0 Å². The minimum atomic E-state index is -0.590. The van der Waals surface area contributed by atoms with Crippen LogP contribution in [0.5, 0.6) is 0 Å². The van der Waals surface area contributed by atoms with Gasteiger partial charge in [-0.3, -0.25) is 4.79 Å². The molecule has 4 fully saturated rings. The fourth-order valence-corrected chi connectivity index (χ4v) is 6.18. The van der Waals surface area contributed by atoms with Crippen LogP contribution in [0.3, 0.4) is 0 Å². The van der Waals surface area contributed by atoms with E-state index in [-0.39, 0.29) is 23.5 Å². The molecular formula is C23H26N4O3. The van der Waals surface area contributed by atoms with Crippen molar-refractivity contribution < 1.29 is 14.3 Å². The minimum absolute atomic E-state index is 0.0856. The van der Waals surface area contributed by atoms with Gasteiger partial charge in [-0.2, -0.15) is 4.68 Å². The number of tetrazole rings is 1. The number of ether oxygens (including phenoxy) is 1. The highest BCUT2D eigenvalue weighted by atomic mass is 16.5. The van der Waals surface area contributed by atoms with Crippen molar-refractivity contribution in [1.82, 2.24) is 20.2 Å². The van der Waals surface area contributed by atoms with E-state index in [0.717, 1.165) is 24.8 Å². The molecule has 1 aromatic heterocycles. The van der Waals surface area contributed by atoms with Crippen molar-refractivity contribution in [2.45, 2.75) is 45.4 Å². The van der Waals surface area contributed by atoms with Crippen LogP contribution in [0.4, 0.5) is 0 Å². The molecule has 4 aliphatic carbocycles. The summed E-state index contributed by atoms with van der Waals surface area (Å²) in [5.41, 5.74) is 0.747. The van der Waals surface area contributed by atoms with E-state index in [1.54, 1.807) is 13.0 Å². The predicted octanol–water partition coefficient (Wildman–Crippen LogP) is 3.31. The summed E-state index contributed by atoms with van der Waals surface area (Å²) in [5.74, 6) is 1.99. The Kier molecular flexibility index (Phi) is 4.76. The van der Waals surface area contributed by atoms with E-state index in [1.807, 2.05) is 30.3 Å². The zero-order valence-electron chi connectivity index (χ0n) is 17.2. The van der Waals surface area contributed by atoms with Crippen LogP contribution < -0.4 is 0 Å². The summed E-state index contributed by atoms with van der Waals surface area (Å²) in [6, 6.07) is 9.44. The van der Waals surface area contributed by atoms with Crippen LogP contribution in [-0.4, -0.2) is 38.6 Å². The number of aromatic nitrogens is 4. The molecular weight excluding hydrogens is 380 g/mol. The zero-order valence-corrected chi connectivity index (χ0v) is 17.2. The third-order valence-electron chi connectivity index (χ3n) is 7.13. The molecule has 0 amide bonds. The first-order chi connectivity index (χ1) is 14.5. The monoisotopic (exact) mass is 406 g/mol. The maximum absolute atomic E-state index is 13.2. The molecule has 0 atom stereocenters. The summed E-state index contributed by atoms with van der Waals surface area (Å²) in [7, 11) is 0. The smallest absolute Gasteiger partial charge is 0.357 e. The minimum Gasteiger partial charge on any atom is -0.453 e. The van der Waals surface area contributed by atoms with E-state index in [9.17, 15) is 9.59 Å². The average Bonchev–Trinajstić information content (AvgIpc) is 3.15. The molecule has 156 valence electrons. The Bertz CT molecular complexity index is 960. The quantitative estimate of drug-likeness (QED) is 0.540. The van der Waals surface area contributed by atoms with Crippen molar-refractivity contribution in [2.24, 2.45) is 23.2 Å². The molecule has 6 rings (SSSR count). The maximum Gasteiger partial charge on any atom is 0.357 e. The molecule has 0 N–H and O–H groups in total. The number of aryl methyl sites for hydroxylation is 1. The number of esters is 1. The Hall–Kier alpha value is -2.83. The largest absolute Gasteiger partial charge is 0.453 e. The highest BCUT2D eigenvalue weighted by Gasteiger charge is 2.54. The van der Waals surface area contributed by atoms with Gasteiger partial charge in [0.2, 0.25) is 0 Å². The number of benzene rings is 1. The van der Waals surface area contributed by atoms with Crippen molar-refractivity contribution in [3.05, 3.63) is 41.7 Å². The van der Waals surface area contributed by atoms with E-state index in [1.165, 1.54) is 23.9 Å². The van der Waals surface area contributed by atoms with Crippen LogP contribution in [0.2, 0.25) is 0 Å². The first-order valence-corrected chi connectivity index (χ1v) is 10.7. The third-order valence-corrected chi connectivity index (χ3v) is 7.13. The lowest BCUT2D eigenvalue weighted by molar-refractivity contribution is -0.154. The standard InChI is InChI=1S/C23H26N4O3/c1-15-24-25-26-27(15)20(10-16-5-3-2-4-6-16)22(29)30-14-21(28)23-11-17-7-18(12-23)9-19(8-17)13-23/h2-6,10,17-19H,7-9,11-14H2,1H3/b20-10-. The van der Waals surface area contributed by atoms with Gasteiger partial charge in [0, 0.05) is 5.41 Å². The van der Waals surface area contributed by atoms with E-state index in [0.29, 0.717) is 23.6 Å². The number of carbonyl (C=O) groups excluding carboxylic acids is 2. The molecule has 4 saturated carbocycles. The van der Waals surface area contributed by atoms with E-state index in [2.05, 4.69) is 15.5 Å². The van der Waals surface area contributed by atoms with Crippen LogP contribution >= 0.6 is 0 Å². The van der Waals surface area contributed by atoms with Gasteiger partial charge in [-0.15, -0.1) is 5.10 Å². The lowest BCUT2D eigenvalue weighted by atomic mass is 9.48. The Morgan fingerprint density at radius 2 is 1.73 bits per heavy atom. The highest BCUT2D eigenvalue weighted by Crippen LogP contribution is 2.60. The van der Waals surface area contributed by atoms with Crippen LogP contribution in [0, 0.1) is 30.1 Å². The van der Waals surface area contributed by atoms with Gasteiger partial charge in [-0.05, 0) is 85.3 Å². The highest BCUT2D eigenvalue weighted by molar-refractivity contribution is 6.15. The summed E-state index contributed by atoms with van der Waals surface area (Å²) >= 11 is 0. The van der Waals surface area contributed by atoms with Crippen LogP contribution in [-0.2, 0) is 14.3 Å². The van der Waals surface area contributed by atoms with Crippen molar-refractivity contribution in [2.75, 3.05) is 6.61 Å². The Morgan fingerprint density at radius 3 is 2.30 bits per heavy atom. The second kappa shape index (κ2) is 7.45. The molecule has 0 unspecified atom stereocenters. The molecule has 4 bridgehead atoms. The van der Waals surface area contributed by atoms with Gasteiger partial charge >= 0.3 is 5.97 Å². The molecule has 0 spiro atoms. The van der Waals surface area contributed by atoms with E-state index >= 15 is 0 Å². The molecule has 30 heavy (non-hydrogen) atoms. The van der Waals surface area contributed by atoms with Crippen LogP contribution in [0.25, 0.3) is 11.8 Å². The first kappa shape index (κ1) is 19.2. The fraction of sp³-hybridized carbons (Fsp3) is 0.522. The Morgan fingerprint density at radius 1 is 1.10 bits per heavy atom. The molecule has 0 radical (unpaired) electrons. The summed E-state index contributed by atoms with van der Waals surface area (Å²) in [5, 5.41) is 11.4. The first-order valence-electron chi connectivity index (χ1n) is 10.7. The SMILES string of the molecule is Cc1nnnn1/C(=C\c1ccccc1)C(=O)OCC(=O)C12CC3CC(CC(C3)C1)C2. The maximum atomic E-state index is 13.2. The van der Waals surface area contributed by atoms with Gasteiger partial charge in [-0.1, -0.05) is 30.3 Å². The molecule has 7 heteroatoms. The van der Waals surface area contributed by atoms with Crippen LogP contribution in [0.15, 0.2) is 30.3 Å². The van der Waals surface area contributed by atoms with Gasteiger partial charge in [-0.25, -0.2) is 4.79 Å². The van der Waals surface area contributed by atoms with Crippen LogP contribution in [0.1, 0.15) is 49.9 Å². The Labute approximate surface area is 175 Å². The number of Topliss-reactive ketones (excluding diaryl/α,β-unsaturated/α-hetero) is 1. The molecule has 7 nitrogen and oxygen atoms in total. The molecule has 0 saturated heterocycles. The van der Waals surface area contributed by atoms with Gasteiger partial charge in [0.1, 0.15) is 0 Å². The van der Waals surface area contributed by atoms with E-state index in [4.69, 9.17) is 4.74 Å².